The zero-order valence-corrected chi connectivity index (χ0v) is 19.1. The van der Waals surface area contributed by atoms with Gasteiger partial charge >= 0.3 is 6.03 Å². The SMILES string of the molecule is CNS(=O)c1cc(C(C)(C)O)cs1.NC(=O)Nc1c2c(c(F)c3c1CCC3)CCC2. The van der Waals surface area contributed by atoms with Gasteiger partial charge in [-0.25, -0.2) is 18.1 Å². The molecule has 9 heteroatoms. The van der Waals surface area contributed by atoms with Gasteiger partial charge in [-0.05, 0) is 98.7 Å². The van der Waals surface area contributed by atoms with Crippen LogP contribution in [0.5, 0.6) is 0 Å². The molecule has 2 amide bonds. The monoisotopic (exact) mass is 453 g/mol. The molecule has 0 bridgehead atoms. The number of nitrogens with two attached hydrogens (primary N) is 1. The van der Waals surface area contributed by atoms with E-state index in [1.165, 1.54) is 11.3 Å². The van der Waals surface area contributed by atoms with Crippen LogP contribution in [0.2, 0.25) is 0 Å². The van der Waals surface area contributed by atoms with Gasteiger partial charge in [0, 0.05) is 5.69 Å². The summed E-state index contributed by atoms with van der Waals surface area (Å²) in [6, 6.07) is 1.21. The van der Waals surface area contributed by atoms with Crippen LogP contribution in [0.3, 0.4) is 0 Å². The van der Waals surface area contributed by atoms with Crippen LogP contribution in [-0.2, 0) is 42.3 Å². The van der Waals surface area contributed by atoms with E-state index in [0.29, 0.717) is 0 Å². The van der Waals surface area contributed by atoms with Gasteiger partial charge in [0.05, 0.1) is 5.60 Å². The Labute approximate surface area is 182 Å². The van der Waals surface area contributed by atoms with Crippen molar-refractivity contribution in [2.24, 2.45) is 5.73 Å². The first-order valence-corrected chi connectivity index (χ1v) is 12.0. The van der Waals surface area contributed by atoms with Crippen molar-refractivity contribution in [3.63, 3.8) is 0 Å². The maximum atomic E-state index is 14.2. The molecule has 1 heterocycles. The average molecular weight is 454 g/mol. The third-order valence-electron chi connectivity index (χ3n) is 5.47. The number of amides is 2. The molecule has 0 spiro atoms. The zero-order chi connectivity index (χ0) is 22.1. The van der Waals surface area contributed by atoms with E-state index in [1.807, 2.05) is 5.38 Å². The Balaban J connectivity index is 0.000000178. The lowest BCUT2D eigenvalue weighted by Gasteiger charge is -2.16. The normalized spacial score (nSPS) is 15.8. The van der Waals surface area contributed by atoms with Gasteiger partial charge in [0.15, 0.2) is 0 Å². The third-order valence-corrected chi connectivity index (χ3v) is 7.79. The molecule has 0 saturated heterocycles. The van der Waals surface area contributed by atoms with E-state index in [-0.39, 0.29) is 5.82 Å². The predicted octanol–water partition coefficient (Wildman–Crippen LogP) is 3.51. The molecule has 1 unspecified atom stereocenters. The second kappa shape index (κ2) is 9.13. The molecule has 0 fully saturated rings. The van der Waals surface area contributed by atoms with E-state index in [1.54, 1.807) is 27.0 Å². The highest BCUT2D eigenvalue weighted by molar-refractivity contribution is 7.85. The largest absolute Gasteiger partial charge is 0.386 e. The van der Waals surface area contributed by atoms with E-state index in [2.05, 4.69) is 10.0 Å². The van der Waals surface area contributed by atoms with Crippen LogP contribution in [0.15, 0.2) is 15.7 Å². The molecule has 0 saturated carbocycles. The summed E-state index contributed by atoms with van der Waals surface area (Å²) in [6.45, 7) is 3.42. The number of hydrogen-bond donors (Lipinski definition) is 4. The molecule has 5 N–H and O–H groups in total. The number of urea groups is 1. The van der Waals surface area contributed by atoms with E-state index in [0.717, 1.165) is 76.2 Å². The van der Waals surface area contributed by atoms with E-state index < -0.39 is 22.6 Å². The van der Waals surface area contributed by atoms with Crippen molar-refractivity contribution in [3.8, 4) is 0 Å². The molecule has 4 rings (SSSR count). The zero-order valence-electron chi connectivity index (χ0n) is 17.4. The van der Waals surface area contributed by atoms with Crippen LogP contribution in [-0.4, -0.2) is 22.4 Å². The van der Waals surface area contributed by atoms with Crippen LogP contribution >= 0.6 is 11.3 Å². The predicted molar refractivity (Wildman–Crippen MR) is 119 cm³/mol. The number of carbonyl (C=O) groups is 1. The van der Waals surface area contributed by atoms with Crippen molar-refractivity contribution in [2.45, 2.75) is 62.2 Å². The number of halogens is 1. The number of fused-ring (bicyclic) bond motifs is 2. The molecule has 0 aliphatic heterocycles. The number of aliphatic hydroxyl groups is 1. The molecule has 6 nitrogen and oxygen atoms in total. The summed E-state index contributed by atoms with van der Waals surface area (Å²) in [4.78, 5) is 11.1. The molecule has 30 heavy (non-hydrogen) atoms. The van der Waals surface area contributed by atoms with Crippen molar-refractivity contribution in [1.82, 2.24) is 4.72 Å². The van der Waals surface area contributed by atoms with Gasteiger partial charge in [-0.15, -0.1) is 11.3 Å². The van der Waals surface area contributed by atoms with Crippen molar-refractivity contribution in [1.29, 1.82) is 0 Å². The first kappa shape index (κ1) is 22.9. The van der Waals surface area contributed by atoms with Crippen LogP contribution < -0.4 is 15.8 Å². The van der Waals surface area contributed by atoms with Crippen molar-refractivity contribution < 1.29 is 18.5 Å². The summed E-state index contributed by atoms with van der Waals surface area (Å²) < 4.78 is 28.9. The molecular weight excluding hydrogens is 425 g/mol. The summed E-state index contributed by atoms with van der Waals surface area (Å²) in [5, 5.41) is 14.2. The van der Waals surface area contributed by atoms with Crippen LogP contribution in [0.25, 0.3) is 0 Å². The van der Waals surface area contributed by atoms with Gasteiger partial charge in [-0.1, -0.05) is 0 Å². The summed E-state index contributed by atoms with van der Waals surface area (Å²) in [7, 11) is 0.492. The molecule has 2 aliphatic carbocycles. The number of primary amides is 1. The third kappa shape index (κ3) is 4.74. The van der Waals surface area contributed by atoms with Gasteiger partial charge in [0.25, 0.3) is 0 Å². The number of anilines is 1. The standard InChI is InChI=1S/C13H15FN2O.C8H13NO2S2/c14-11-7-3-1-5-9(7)12(16-13(15)17)10-6-2-4-8(10)11;1-8(2,10)6-4-7(12-5-6)13(11)9-3/h1-6H2,(H3,15,16,17);4-5,9-10H,1-3H3. The Hall–Kier alpha value is -1.81. The number of benzene rings is 1. The molecule has 0 radical (unpaired) electrons. The fourth-order valence-electron chi connectivity index (χ4n) is 4.00. The Bertz CT molecular complexity index is 948. The summed E-state index contributed by atoms with van der Waals surface area (Å²) in [5.74, 6) is -0.0278. The van der Waals surface area contributed by atoms with E-state index in [4.69, 9.17) is 5.73 Å². The Morgan fingerprint density at radius 1 is 1.17 bits per heavy atom. The van der Waals surface area contributed by atoms with Gasteiger partial charge in [0.1, 0.15) is 21.0 Å². The van der Waals surface area contributed by atoms with Crippen molar-refractivity contribution >= 4 is 34.0 Å². The van der Waals surface area contributed by atoms with Crippen LogP contribution in [0, 0.1) is 5.82 Å². The lowest BCUT2D eigenvalue weighted by atomic mass is 9.98. The van der Waals surface area contributed by atoms with E-state index in [9.17, 15) is 18.5 Å². The maximum Gasteiger partial charge on any atom is 0.316 e. The Morgan fingerprint density at radius 3 is 2.13 bits per heavy atom. The lowest BCUT2D eigenvalue weighted by Crippen LogP contribution is -2.21. The highest BCUT2D eigenvalue weighted by Crippen LogP contribution is 2.40. The van der Waals surface area contributed by atoms with Gasteiger partial charge in [-0.3, -0.25) is 0 Å². The summed E-state index contributed by atoms with van der Waals surface area (Å²) in [6.07, 6.45) is 5.17. The first-order valence-electron chi connectivity index (χ1n) is 9.95. The Morgan fingerprint density at radius 2 is 1.70 bits per heavy atom. The number of rotatable bonds is 4. The highest BCUT2D eigenvalue weighted by atomic mass is 32.2. The van der Waals surface area contributed by atoms with Gasteiger partial charge < -0.3 is 16.2 Å². The Kier molecular flexibility index (Phi) is 6.96. The second-order valence-corrected chi connectivity index (χ2v) is 10.5. The highest BCUT2D eigenvalue weighted by Gasteiger charge is 2.29. The number of nitrogens with one attached hydrogen (secondary N) is 2. The molecule has 1 aromatic heterocycles. The number of hydrogen-bond acceptors (Lipinski definition) is 4. The smallest absolute Gasteiger partial charge is 0.316 e. The first-order chi connectivity index (χ1) is 14.1. The molecule has 2 aromatic rings. The quantitative estimate of drug-likeness (QED) is 0.569. The fraction of sp³-hybridized carbons (Fsp3) is 0.476. The molecule has 1 aromatic carbocycles. The minimum atomic E-state index is -1.15. The second-order valence-electron chi connectivity index (χ2n) is 7.99. The van der Waals surface area contributed by atoms with Crippen molar-refractivity contribution in [2.75, 3.05) is 12.4 Å². The molecule has 1 atom stereocenters. The van der Waals surface area contributed by atoms with E-state index >= 15 is 0 Å². The molecule has 164 valence electrons. The maximum absolute atomic E-state index is 14.2. The van der Waals surface area contributed by atoms with Crippen LogP contribution in [0.4, 0.5) is 14.9 Å². The van der Waals surface area contributed by atoms with Gasteiger partial charge in [0.2, 0.25) is 0 Å². The summed E-state index contributed by atoms with van der Waals surface area (Å²) in [5.41, 5.74) is 9.51. The lowest BCUT2D eigenvalue weighted by molar-refractivity contribution is 0.0789. The van der Waals surface area contributed by atoms with Gasteiger partial charge in [-0.2, -0.15) is 0 Å². The average Bonchev–Trinajstić information content (AvgIpc) is 3.44. The van der Waals surface area contributed by atoms with Crippen molar-refractivity contribution in [3.05, 3.63) is 45.1 Å². The minimum absolute atomic E-state index is 0.0278. The number of carbonyl (C=O) groups excluding carboxylic acids is 1. The fourth-order valence-corrected chi connectivity index (χ4v) is 5.97. The topological polar surface area (TPSA) is 104 Å². The van der Waals surface area contributed by atoms with Crippen LogP contribution in [0.1, 0.15) is 54.5 Å². The summed E-state index contributed by atoms with van der Waals surface area (Å²) >= 11 is 1.39. The number of thiophene rings is 1. The molecular formula is C21H28FN3O3S2. The molecule has 2 aliphatic rings. The minimum Gasteiger partial charge on any atom is -0.386 e.